The van der Waals surface area contributed by atoms with Crippen LogP contribution in [0.4, 0.5) is 0 Å². The molecule has 6 heteroatoms. The Kier molecular flexibility index (Phi) is 5.28. The predicted octanol–water partition coefficient (Wildman–Crippen LogP) is 3.46. The van der Waals surface area contributed by atoms with Crippen molar-refractivity contribution in [2.24, 2.45) is 0 Å². The number of hydrogen-bond donors (Lipinski definition) is 0. The highest BCUT2D eigenvalue weighted by molar-refractivity contribution is 5.91. The van der Waals surface area contributed by atoms with E-state index >= 15 is 0 Å². The second-order valence-corrected chi connectivity index (χ2v) is 6.78. The highest BCUT2D eigenvalue weighted by Gasteiger charge is 2.25. The lowest BCUT2D eigenvalue weighted by molar-refractivity contribution is -0.132. The van der Waals surface area contributed by atoms with E-state index < -0.39 is 0 Å². The summed E-state index contributed by atoms with van der Waals surface area (Å²) in [6.07, 6.45) is 2.45. The molecule has 0 bridgehead atoms. The molecular weight excluding hydrogens is 356 g/mol. The maximum atomic E-state index is 12.5. The molecule has 3 aromatic rings. The topological polar surface area (TPSA) is 66.9 Å². The number of furan rings is 2. The number of rotatable bonds is 5. The first-order chi connectivity index (χ1) is 13.7. The fourth-order valence-corrected chi connectivity index (χ4v) is 3.37. The Morgan fingerprint density at radius 3 is 2.32 bits per heavy atom. The summed E-state index contributed by atoms with van der Waals surface area (Å²) >= 11 is 0. The van der Waals surface area contributed by atoms with Crippen LogP contribution in [0.25, 0.3) is 11.3 Å². The molecule has 0 unspecified atom stereocenters. The van der Waals surface area contributed by atoms with Crippen LogP contribution in [0.3, 0.4) is 0 Å². The van der Waals surface area contributed by atoms with Gasteiger partial charge in [0.05, 0.1) is 6.26 Å². The van der Waals surface area contributed by atoms with Gasteiger partial charge in [0, 0.05) is 44.6 Å². The standard InChI is InChI=1S/C22H22N2O4/c25-21(11-9-18-8-10-19(28-18)17-5-2-1-3-6-17)23-12-14-24(15-13-23)22(26)20-7-4-16-27-20/h1-8,10,16H,9,11-15H2. The van der Waals surface area contributed by atoms with E-state index in [0.29, 0.717) is 44.8 Å². The van der Waals surface area contributed by atoms with Crippen LogP contribution in [0, 0.1) is 0 Å². The van der Waals surface area contributed by atoms with Gasteiger partial charge in [-0.15, -0.1) is 0 Å². The summed E-state index contributed by atoms with van der Waals surface area (Å²) in [7, 11) is 0. The number of carbonyl (C=O) groups excluding carboxylic acids is 2. The van der Waals surface area contributed by atoms with E-state index in [9.17, 15) is 9.59 Å². The second kappa shape index (κ2) is 8.17. The van der Waals surface area contributed by atoms with E-state index in [-0.39, 0.29) is 11.8 Å². The van der Waals surface area contributed by atoms with Gasteiger partial charge >= 0.3 is 0 Å². The van der Waals surface area contributed by atoms with Gasteiger partial charge in [0.15, 0.2) is 5.76 Å². The maximum absolute atomic E-state index is 12.5. The lowest BCUT2D eigenvalue weighted by Crippen LogP contribution is -2.50. The SMILES string of the molecule is O=C(CCc1ccc(-c2ccccc2)o1)N1CCN(C(=O)c2ccco2)CC1. The van der Waals surface area contributed by atoms with Gasteiger partial charge in [-0.2, -0.15) is 0 Å². The Labute approximate surface area is 163 Å². The predicted molar refractivity (Wildman–Crippen MR) is 104 cm³/mol. The average molecular weight is 378 g/mol. The summed E-state index contributed by atoms with van der Waals surface area (Å²) in [5, 5.41) is 0. The number of nitrogens with zero attached hydrogens (tertiary/aromatic N) is 2. The summed E-state index contributed by atoms with van der Waals surface area (Å²) in [5.41, 5.74) is 1.03. The first-order valence-electron chi connectivity index (χ1n) is 9.45. The first kappa shape index (κ1) is 18.1. The Hall–Kier alpha value is -3.28. The monoisotopic (exact) mass is 378 g/mol. The molecule has 0 N–H and O–H groups in total. The molecule has 0 aliphatic carbocycles. The molecular formula is C22H22N2O4. The number of amides is 2. The Balaban J connectivity index is 1.26. The van der Waals surface area contributed by atoms with Gasteiger partial charge < -0.3 is 18.6 Å². The van der Waals surface area contributed by atoms with E-state index in [0.717, 1.165) is 17.1 Å². The van der Waals surface area contributed by atoms with Crippen LogP contribution in [-0.4, -0.2) is 47.8 Å². The number of hydrogen-bond acceptors (Lipinski definition) is 4. The Morgan fingerprint density at radius 1 is 0.857 bits per heavy atom. The highest BCUT2D eigenvalue weighted by atomic mass is 16.3. The van der Waals surface area contributed by atoms with Crippen molar-refractivity contribution in [3.63, 3.8) is 0 Å². The second-order valence-electron chi connectivity index (χ2n) is 6.78. The van der Waals surface area contributed by atoms with Crippen LogP contribution < -0.4 is 0 Å². The number of benzene rings is 1. The van der Waals surface area contributed by atoms with Crippen molar-refractivity contribution >= 4 is 11.8 Å². The van der Waals surface area contributed by atoms with Gasteiger partial charge in [0.25, 0.3) is 5.91 Å². The fourth-order valence-electron chi connectivity index (χ4n) is 3.37. The largest absolute Gasteiger partial charge is 0.461 e. The van der Waals surface area contributed by atoms with Crippen LogP contribution in [0.15, 0.2) is 69.7 Å². The van der Waals surface area contributed by atoms with Crippen LogP contribution in [0.2, 0.25) is 0 Å². The van der Waals surface area contributed by atoms with Crippen molar-refractivity contribution in [2.45, 2.75) is 12.8 Å². The van der Waals surface area contributed by atoms with E-state index in [4.69, 9.17) is 8.83 Å². The van der Waals surface area contributed by atoms with E-state index in [1.165, 1.54) is 6.26 Å². The first-order valence-corrected chi connectivity index (χ1v) is 9.45. The van der Waals surface area contributed by atoms with E-state index in [2.05, 4.69) is 0 Å². The van der Waals surface area contributed by atoms with E-state index in [1.807, 2.05) is 47.4 Å². The van der Waals surface area contributed by atoms with Crippen molar-refractivity contribution in [3.8, 4) is 11.3 Å². The molecule has 6 nitrogen and oxygen atoms in total. The van der Waals surface area contributed by atoms with Gasteiger partial charge in [0.1, 0.15) is 11.5 Å². The fraction of sp³-hybridized carbons (Fsp3) is 0.273. The minimum absolute atomic E-state index is 0.0859. The smallest absolute Gasteiger partial charge is 0.289 e. The molecule has 1 aliphatic heterocycles. The van der Waals surface area contributed by atoms with Gasteiger partial charge in [-0.25, -0.2) is 0 Å². The molecule has 1 saturated heterocycles. The van der Waals surface area contributed by atoms with Crippen molar-refractivity contribution in [1.29, 1.82) is 0 Å². The van der Waals surface area contributed by atoms with Gasteiger partial charge in [0.2, 0.25) is 5.91 Å². The molecule has 0 spiro atoms. The maximum Gasteiger partial charge on any atom is 0.289 e. The molecule has 4 rings (SSSR count). The van der Waals surface area contributed by atoms with Crippen LogP contribution in [0.1, 0.15) is 22.7 Å². The molecule has 0 atom stereocenters. The molecule has 2 amide bonds. The van der Waals surface area contributed by atoms with Crippen LogP contribution in [-0.2, 0) is 11.2 Å². The molecule has 1 aromatic carbocycles. The van der Waals surface area contributed by atoms with Crippen molar-refractivity contribution in [3.05, 3.63) is 72.4 Å². The van der Waals surface area contributed by atoms with Crippen molar-refractivity contribution in [2.75, 3.05) is 26.2 Å². The zero-order valence-electron chi connectivity index (χ0n) is 15.5. The zero-order valence-corrected chi connectivity index (χ0v) is 15.5. The minimum atomic E-state index is -0.124. The van der Waals surface area contributed by atoms with Gasteiger partial charge in [-0.3, -0.25) is 9.59 Å². The normalized spacial score (nSPS) is 14.3. The quantitative estimate of drug-likeness (QED) is 0.682. The molecule has 1 fully saturated rings. The minimum Gasteiger partial charge on any atom is -0.461 e. The molecule has 1 aliphatic rings. The average Bonchev–Trinajstić information content (AvgIpc) is 3.44. The van der Waals surface area contributed by atoms with Gasteiger partial charge in [-0.1, -0.05) is 30.3 Å². The van der Waals surface area contributed by atoms with Gasteiger partial charge in [-0.05, 0) is 24.3 Å². The van der Waals surface area contributed by atoms with Crippen LogP contribution in [0.5, 0.6) is 0 Å². The third-order valence-corrected chi connectivity index (χ3v) is 4.96. The third kappa shape index (κ3) is 4.01. The highest BCUT2D eigenvalue weighted by Crippen LogP contribution is 2.22. The zero-order chi connectivity index (χ0) is 19.3. The molecule has 144 valence electrons. The summed E-state index contributed by atoms with van der Waals surface area (Å²) in [6.45, 7) is 2.12. The summed E-state index contributed by atoms with van der Waals surface area (Å²) in [4.78, 5) is 28.3. The molecule has 2 aromatic heterocycles. The lowest BCUT2D eigenvalue weighted by atomic mass is 10.2. The summed E-state index contributed by atoms with van der Waals surface area (Å²) in [5.74, 6) is 1.92. The number of carbonyl (C=O) groups is 2. The molecule has 0 radical (unpaired) electrons. The lowest BCUT2D eigenvalue weighted by Gasteiger charge is -2.34. The van der Waals surface area contributed by atoms with Crippen molar-refractivity contribution < 1.29 is 18.4 Å². The molecule has 28 heavy (non-hydrogen) atoms. The molecule has 3 heterocycles. The van der Waals surface area contributed by atoms with Crippen LogP contribution >= 0.6 is 0 Å². The Morgan fingerprint density at radius 2 is 1.61 bits per heavy atom. The Bertz CT molecular complexity index is 923. The van der Waals surface area contributed by atoms with E-state index in [1.54, 1.807) is 17.0 Å². The number of piperazine rings is 1. The number of aryl methyl sites for hydroxylation is 1. The third-order valence-electron chi connectivity index (χ3n) is 4.96. The summed E-state index contributed by atoms with van der Waals surface area (Å²) < 4.78 is 11.0. The summed E-state index contributed by atoms with van der Waals surface area (Å²) in [6, 6.07) is 17.1. The van der Waals surface area contributed by atoms with Crippen molar-refractivity contribution in [1.82, 2.24) is 9.80 Å². The molecule has 0 saturated carbocycles.